The summed E-state index contributed by atoms with van der Waals surface area (Å²) in [5, 5.41) is 19.8. The maximum absolute atomic E-state index is 11.3. The lowest BCUT2D eigenvalue weighted by atomic mass is 10.1. The van der Waals surface area contributed by atoms with Crippen molar-refractivity contribution in [1.29, 1.82) is 0 Å². The summed E-state index contributed by atoms with van der Waals surface area (Å²) >= 11 is 0. The second-order valence-electron chi connectivity index (χ2n) is 4.52. The minimum Gasteiger partial charge on any atom is -0.477 e. The summed E-state index contributed by atoms with van der Waals surface area (Å²) in [6, 6.07) is 3.28. The van der Waals surface area contributed by atoms with Gasteiger partial charge >= 0.3 is 5.97 Å². The van der Waals surface area contributed by atoms with Crippen molar-refractivity contribution in [3.05, 3.63) is 33.9 Å². The van der Waals surface area contributed by atoms with E-state index in [1.165, 1.54) is 12.1 Å². The van der Waals surface area contributed by atoms with Crippen molar-refractivity contribution >= 4 is 23.3 Å². The summed E-state index contributed by atoms with van der Waals surface area (Å²) in [7, 11) is 0. The first kappa shape index (κ1) is 13.8. The van der Waals surface area contributed by atoms with Gasteiger partial charge in [0.05, 0.1) is 4.92 Å². The van der Waals surface area contributed by atoms with E-state index in [9.17, 15) is 19.7 Å². The Labute approximate surface area is 113 Å². The number of anilines is 1. The molecule has 1 unspecified atom stereocenters. The Kier molecular flexibility index (Phi) is 3.55. The van der Waals surface area contributed by atoms with Crippen molar-refractivity contribution in [3.63, 3.8) is 0 Å². The first-order valence-electron chi connectivity index (χ1n) is 5.99. The van der Waals surface area contributed by atoms with Crippen molar-refractivity contribution in [2.24, 2.45) is 5.73 Å². The highest BCUT2D eigenvalue weighted by Gasteiger charge is 2.31. The van der Waals surface area contributed by atoms with Crippen LogP contribution in [0.3, 0.4) is 0 Å². The van der Waals surface area contributed by atoms with Gasteiger partial charge in [-0.2, -0.15) is 0 Å². The molecule has 0 spiro atoms. The van der Waals surface area contributed by atoms with Gasteiger partial charge in [-0.05, 0) is 25.0 Å². The van der Waals surface area contributed by atoms with E-state index < -0.39 is 34.1 Å². The summed E-state index contributed by atoms with van der Waals surface area (Å²) < 4.78 is 0. The molecule has 0 aliphatic carbocycles. The molecule has 2 rings (SSSR count). The second-order valence-corrected chi connectivity index (χ2v) is 4.52. The zero-order valence-electron chi connectivity index (χ0n) is 10.5. The number of primary amides is 1. The summed E-state index contributed by atoms with van der Waals surface area (Å²) in [6.45, 7) is 0.560. The molecule has 1 aliphatic heterocycles. The zero-order chi connectivity index (χ0) is 14.9. The molecule has 1 amide bonds. The predicted octanol–water partition coefficient (Wildman–Crippen LogP) is 0.747. The van der Waals surface area contributed by atoms with Crippen LogP contribution in [0.2, 0.25) is 0 Å². The minimum atomic E-state index is -1.38. The standard InChI is InChI=1S/C12H13N3O5/c13-11(16)10-2-1-5-14(10)7-3-4-9(15(19)20)8(6-7)12(17)18/h3-4,6,10H,1-2,5H2,(H2,13,16)(H,17,18). The number of carbonyl (C=O) groups is 2. The van der Waals surface area contributed by atoms with Gasteiger partial charge in [-0.1, -0.05) is 0 Å². The summed E-state index contributed by atoms with van der Waals surface area (Å²) in [4.78, 5) is 34.1. The number of hydrogen-bond acceptors (Lipinski definition) is 5. The van der Waals surface area contributed by atoms with Crippen LogP contribution in [-0.4, -0.2) is 34.5 Å². The summed E-state index contributed by atoms with van der Waals surface area (Å²) in [5.74, 6) is -1.87. The number of carboxylic acids is 1. The van der Waals surface area contributed by atoms with Crippen LogP contribution in [0.15, 0.2) is 18.2 Å². The monoisotopic (exact) mass is 279 g/mol. The van der Waals surface area contributed by atoms with Crippen molar-refractivity contribution in [3.8, 4) is 0 Å². The third-order valence-electron chi connectivity index (χ3n) is 3.32. The topological polar surface area (TPSA) is 127 Å². The molecular weight excluding hydrogens is 266 g/mol. The van der Waals surface area contributed by atoms with Gasteiger partial charge in [0.2, 0.25) is 5.91 Å². The van der Waals surface area contributed by atoms with Gasteiger partial charge in [-0.25, -0.2) is 4.79 Å². The Hall–Kier alpha value is -2.64. The number of carboxylic acid groups (broad SMARTS) is 1. The average Bonchev–Trinajstić information content (AvgIpc) is 2.87. The Morgan fingerprint density at radius 2 is 2.15 bits per heavy atom. The number of nitrogens with two attached hydrogens (primary N) is 1. The van der Waals surface area contributed by atoms with E-state index in [1.54, 1.807) is 4.90 Å². The van der Waals surface area contributed by atoms with Crippen LogP contribution in [0.25, 0.3) is 0 Å². The largest absolute Gasteiger partial charge is 0.477 e. The molecule has 8 nitrogen and oxygen atoms in total. The van der Waals surface area contributed by atoms with Crippen LogP contribution in [0.5, 0.6) is 0 Å². The molecule has 0 bridgehead atoms. The first-order valence-corrected chi connectivity index (χ1v) is 5.99. The lowest BCUT2D eigenvalue weighted by molar-refractivity contribution is -0.385. The minimum absolute atomic E-state index is 0.400. The number of hydrogen-bond donors (Lipinski definition) is 2. The molecule has 1 heterocycles. The number of nitro benzene ring substituents is 1. The fourth-order valence-electron chi connectivity index (χ4n) is 2.40. The first-order chi connectivity index (χ1) is 9.41. The predicted molar refractivity (Wildman–Crippen MR) is 69.6 cm³/mol. The fourth-order valence-corrected chi connectivity index (χ4v) is 2.40. The number of nitro groups is 1. The van der Waals surface area contributed by atoms with E-state index in [1.807, 2.05) is 0 Å². The van der Waals surface area contributed by atoms with Crippen molar-refractivity contribution in [2.75, 3.05) is 11.4 Å². The van der Waals surface area contributed by atoms with Crippen LogP contribution in [0, 0.1) is 10.1 Å². The third-order valence-corrected chi connectivity index (χ3v) is 3.32. The number of benzene rings is 1. The maximum Gasteiger partial charge on any atom is 0.342 e. The van der Waals surface area contributed by atoms with Crippen LogP contribution in [0.1, 0.15) is 23.2 Å². The summed E-state index contributed by atoms with van der Waals surface area (Å²) in [6.07, 6.45) is 1.35. The molecule has 0 saturated carbocycles. The Bertz CT molecular complexity index is 586. The van der Waals surface area contributed by atoms with E-state index in [4.69, 9.17) is 10.8 Å². The number of carbonyl (C=O) groups excluding carboxylic acids is 1. The SMILES string of the molecule is NC(=O)C1CCCN1c1ccc([N+](=O)[O-])c(C(=O)O)c1. The van der Waals surface area contributed by atoms with Gasteiger partial charge in [0, 0.05) is 18.3 Å². The van der Waals surface area contributed by atoms with Crippen LogP contribution in [-0.2, 0) is 4.79 Å². The van der Waals surface area contributed by atoms with Gasteiger partial charge in [-0.3, -0.25) is 14.9 Å². The molecule has 1 fully saturated rings. The molecule has 8 heteroatoms. The number of aromatic carboxylic acids is 1. The van der Waals surface area contributed by atoms with Crippen molar-refractivity contribution < 1.29 is 19.6 Å². The lowest BCUT2D eigenvalue weighted by Gasteiger charge is -2.24. The molecule has 0 radical (unpaired) electrons. The number of rotatable bonds is 4. The summed E-state index contributed by atoms with van der Waals surface area (Å²) in [5.41, 5.74) is 4.87. The molecule has 20 heavy (non-hydrogen) atoms. The van der Waals surface area contributed by atoms with E-state index in [2.05, 4.69) is 0 Å². The van der Waals surface area contributed by atoms with Crippen molar-refractivity contribution in [2.45, 2.75) is 18.9 Å². The average molecular weight is 279 g/mol. The quantitative estimate of drug-likeness (QED) is 0.618. The Balaban J connectivity index is 2.43. The molecular formula is C12H13N3O5. The normalized spacial score (nSPS) is 18.0. The Morgan fingerprint density at radius 3 is 2.70 bits per heavy atom. The van der Waals surface area contributed by atoms with Crippen molar-refractivity contribution in [1.82, 2.24) is 0 Å². The van der Waals surface area contributed by atoms with E-state index >= 15 is 0 Å². The van der Waals surface area contributed by atoms with Gasteiger partial charge in [-0.15, -0.1) is 0 Å². The van der Waals surface area contributed by atoms with Gasteiger partial charge in [0.15, 0.2) is 0 Å². The molecule has 1 aromatic carbocycles. The lowest BCUT2D eigenvalue weighted by Crippen LogP contribution is -2.40. The van der Waals surface area contributed by atoms with E-state index in [0.29, 0.717) is 18.7 Å². The van der Waals surface area contributed by atoms with Crippen LogP contribution in [0.4, 0.5) is 11.4 Å². The third kappa shape index (κ3) is 2.40. The van der Waals surface area contributed by atoms with E-state index in [-0.39, 0.29) is 0 Å². The molecule has 1 aliphatic rings. The molecule has 1 atom stereocenters. The van der Waals surface area contributed by atoms with Crippen LogP contribution >= 0.6 is 0 Å². The van der Waals surface area contributed by atoms with Gasteiger partial charge in [0.1, 0.15) is 11.6 Å². The molecule has 1 aromatic rings. The molecule has 1 saturated heterocycles. The highest BCUT2D eigenvalue weighted by Crippen LogP contribution is 2.30. The zero-order valence-corrected chi connectivity index (χ0v) is 10.5. The van der Waals surface area contributed by atoms with Gasteiger partial charge in [0.25, 0.3) is 5.69 Å². The van der Waals surface area contributed by atoms with Gasteiger partial charge < -0.3 is 15.7 Å². The molecule has 0 aromatic heterocycles. The van der Waals surface area contributed by atoms with Crippen LogP contribution < -0.4 is 10.6 Å². The molecule has 3 N–H and O–H groups in total. The van der Waals surface area contributed by atoms with E-state index in [0.717, 1.165) is 12.5 Å². The Morgan fingerprint density at radius 1 is 1.45 bits per heavy atom. The number of nitrogens with zero attached hydrogens (tertiary/aromatic N) is 2. The maximum atomic E-state index is 11.3. The highest BCUT2D eigenvalue weighted by molar-refractivity contribution is 5.94. The smallest absolute Gasteiger partial charge is 0.342 e. The highest BCUT2D eigenvalue weighted by atomic mass is 16.6. The second kappa shape index (κ2) is 5.16. The number of amides is 1. The molecule has 106 valence electrons. The fraction of sp³-hybridized carbons (Fsp3) is 0.333.